The number of amides is 3. The monoisotopic (exact) mass is 1100 g/mol. The normalized spacial score (nSPS) is 20.6. The molecule has 394 valence electrons. The lowest BCUT2D eigenvalue weighted by atomic mass is 9.50. The van der Waals surface area contributed by atoms with Crippen molar-refractivity contribution in [2.75, 3.05) is 39.3 Å². The van der Waals surface area contributed by atoms with Crippen molar-refractivity contribution in [3.8, 4) is 0 Å². The lowest BCUT2D eigenvalue weighted by Crippen LogP contribution is -2.51. The van der Waals surface area contributed by atoms with Crippen molar-refractivity contribution in [1.29, 1.82) is 0 Å². The summed E-state index contributed by atoms with van der Waals surface area (Å²) in [5.74, 6) is -1.25. The maximum absolute atomic E-state index is 14.0. The van der Waals surface area contributed by atoms with Crippen molar-refractivity contribution in [2.24, 2.45) is 0 Å². The SMILES string of the molecule is CC(C)(C)OC(=O)CNC(=O)CNC(=O)CCCNC(=O)CCCN1CC23c4c5c6c7c8c9c(c%10c%11c2c2c4c4c%12c5c5c6c6c8c8c%13c9c9c%10c%10c%11c%11c2c2c4c4c%12c%12c5c5c6c8c6c8c%13c9c9c%10c%10c%11c2c2c4c4c%12c5c6c5c8c9c%10c2c45)C73C1. The van der Waals surface area contributed by atoms with E-state index in [1.54, 1.807) is 334 Å². The van der Waals surface area contributed by atoms with Crippen molar-refractivity contribution < 1.29 is 23.9 Å². The van der Waals surface area contributed by atoms with Crippen LogP contribution in [0.3, 0.4) is 0 Å². The molecule has 5 aliphatic rings. The highest BCUT2D eigenvalue weighted by molar-refractivity contribution is 6.82. The van der Waals surface area contributed by atoms with Crippen molar-refractivity contribution in [2.45, 2.75) is 62.9 Å². The number of hydrogen-bond donors (Lipinski definition) is 3. The number of nitrogens with zero attached hydrogens (tertiary/aromatic N) is 1. The highest BCUT2D eigenvalue weighted by Crippen LogP contribution is 2.85. The Morgan fingerprint density at radius 3 is 0.816 bits per heavy atom. The molecule has 0 saturated carbocycles. The molecule has 3 amide bonds. The first-order chi connectivity index (χ1) is 42.6. The van der Waals surface area contributed by atoms with E-state index >= 15 is 0 Å². The van der Waals surface area contributed by atoms with Gasteiger partial charge in [-0.05, 0) is 353 Å². The number of carbonyl (C=O) groups excluding carboxylic acids is 4. The number of ether oxygens (including phenoxy) is 1. The van der Waals surface area contributed by atoms with Gasteiger partial charge < -0.3 is 25.6 Å². The van der Waals surface area contributed by atoms with E-state index in [9.17, 15) is 19.2 Å². The van der Waals surface area contributed by atoms with Crippen LogP contribution in [0, 0.1) is 0 Å². The lowest BCUT2D eigenvalue weighted by Gasteiger charge is -2.49. The minimum atomic E-state index is -0.652. The smallest absolute Gasteiger partial charge is 0.325 e. The van der Waals surface area contributed by atoms with E-state index < -0.39 is 17.5 Å². The summed E-state index contributed by atoms with van der Waals surface area (Å²) in [4.78, 5) is 54.1. The zero-order chi connectivity index (χ0) is 54.8. The lowest BCUT2D eigenvalue weighted by molar-refractivity contribution is -0.154. The summed E-state index contributed by atoms with van der Waals surface area (Å²) in [7, 11) is 0. The van der Waals surface area contributed by atoms with Crippen LogP contribution in [0.5, 0.6) is 0 Å². The van der Waals surface area contributed by atoms with E-state index in [4.69, 9.17) is 4.74 Å². The molecule has 87 heavy (non-hydrogen) atoms. The zero-order valence-electron chi connectivity index (χ0n) is 46.6. The molecule has 1 heterocycles. The maximum Gasteiger partial charge on any atom is 0.325 e. The third-order valence-electron chi connectivity index (χ3n) is 27.7. The van der Waals surface area contributed by atoms with Crippen LogP contribution >= 0.6 is 0 Å². The predicted molar refractivity (Wildman–Crippen MR) is 354 cm³/mol. The Bertz CT molecular complexity index is 7260. The Balaban J connectivity index is 0.675. The summed E-state index contributed by atoms with van der Waals surface area (Å²) in [5, 5.41) is 95.7. The third-order valence-corrected chi connectivity index (χ3v) is 27.7. The van der Waals surface area contributed by atoms with Gasteiger partial charge in [0.2, 0.25) is 17.7 Å². The van der Waals surface area contributed by atoms with Crippen LogP contribution in [0.2, 0.25) is 0 Å². The van der Waals surface area contributed by atoms with E-state index in [1.807, 2.05) is 0 Å². The van der Waals surface area contributed by atoms with Crippen LogP contribution in [0.4, 0.5) is 0 Å². The second-order valence-electron chi connectivity index (χ2n) is 31.0. The highest BCUT2D eigenvalue weighted by Gasteiger charge is 2.72. The summed E-state index contributed by atoms with van der Waals surface area (Å²) in [6, 6.07) is 0. The molecule has 2 spiro atoms. The number of rotatable bonds is 12. The molecule has 0 aromatic heterocycles. The molecule has 0 bridgehead atoms. The Labute approximate surface area is 481 Å². The van der Waals surface area contributed by atoms with E-state index in [0.717, 1.165) is 26.1 Å². The molecule has 0 radical (unpaired) electrons. The van der Waals surface area contributed by atoms with Crippen LogP contribution < -0.4 is 16.0 Å². The summed E-state index contributed by atoms with van der Waals surface area (Å²) in [5.41, 5.74) is 5.50. The third kappa shape index (κ3) is 2.62. The predicted octanol–water partition coefficient (Wildman–Crippen LogP) is 15.9. The first kappa shape index (κ1) is 38.4. The number of likely N-dealkylation sites (tertiary alicyclic amines) is 1. The van der Waals surface area contributed by atoms with Crippen molar-refractivity contribution in [3.63, 3.8) is 0 Å². The van der Waals surface area contributed by atoms with Crippen LogP contribution in [-0.4, -0.2) is 73.5 Å². The number of esters is 1. The zero-order valence-corrected chi connectivity index (χ0v) is 46.6. The Morgan fingerprint density at radius 1 is 0.322 bits per heavy atom. The Kier molecular flexibility index (Phi) is 4.27. The minimum Gasteiger partial charge on any atom is -0.459 e. The Hall–Kier alpha value is -9.70. The highest BCUT2D eigenvalue weighted by atomic mass is 16.6. The van der Waals surface area contributed by atoms with Crippen LogP contribution in [0.25, 0.3) is 291 Å². The Morgan fingerprint density at radius 2 is 0.552 bits per heavy atom. The molecule has 0 atom stereocenters. The summed E-state index contributed by atoms with van der Waals surface area (Å²) < 4.78 is 5.27. The summed E-state index contributed by atoms with van der Waals surface area (Å²) >= 11 is 0. The van der Waals surface area contributed by atoms with Gasteiger partial charge in [-0.3, -0.25) is 19.2 Å². The molecule has 4 aliphatic carbocycles. The van der Waals surface area contributed by atoms with E-state index in [1.165, 1.54) is 0 Å². The summed E-state index contributed by atoms with van der Waals surface area (Å²) in [6.07, 6.45) is 1.80. The molecule has 28 aromatic carbocycles. The van der Waals surface area contributed by atoms with E-state index in [2.05, 4.69) is 20.9 Å². The van der Waals surface area contributed by atoms with Gasteiger partial charge in [-0.15, -0.1) is 0 Å². The quantitative estimate of drug-likeness (QED) is 0.0637. The van der Waals surface area contributed by atoms with Gasteiger partial charge in [-0.2, -0.15) is 0 Å². The molecule has 9 nitrogen and oxygen atoms in total. The van der Waals surface area contributed by atoms with E-state index in [0.29, 0.717) is 19.4 Å². The molecular formula is C78H32N4O5. The van der Waals surface area contributed by atoms with Crippen LogP contribution in [0.1, 0.15) is 68.7 Å². The van der Waals surface area contributed by atoms with Gasteiger partial charge in [0, 0.05) is 32.5 Å². The van der Waals surface area contributed by atoms with Gasteiger partial charge in [-0.1, -0.05) is 0 Å². The molecule has 33 rings (SSSR count). The standard InChI is InChI=1S/C78H32N4O5/c1-76(2,3)87-17(86)11-81-16(85)10-80-15(84)6-4-8-79-14(83)7-5-9-82-12-77-72-64-56-46-36-28-20-18-19-22-26-24(20)32-40-34(26)44-38-30(22)31-23(19)27-25-21(18)29(28)37-43-33(25)41-35(27)45-39(31)49-48(38)58-52(44)62-54(40)60(50(56)42(32)36)68(72)70(62)74-66(58)67-59(49)53(45)63-55(41)61-51(43)57(47(37)46)65(64)73(77)69(61)71(63)75(67)78(74,77)13-82/h4-13H2,1-3H3,(H,79,83)(H,80,84)(H,81,85). The average molecular weight is 1110 g/mol. The van der Waals surface area contributed by atoms with Crippen LogP contribution in [0.15, 0.2) is 0 Å². The first-order valence-corrected chi connectivity index (χ1v) is 32.1. The topological polar surface area (TPSA) is 117 Å². The number of hydrogen-bond acceptors (Lipinski definition) is 6. The van der Waals surface area contributed by atoms with Gasteiger partial charge >= 0.3 is 5.97 Å². The molecule has 9 heteroatoms. The van der Waals surface area contributed by atoms with Gasteiger partial charge in [0.1, 0.15) is 12.1 Å². The molecule has 3 N–H and O–H groups in total. The molecule has 1 aliphatic heterocycles. The fraction of sp³-hybridized carbons (Fsp3) is 0.205. The van der Waals surface area contributed by atoms with Gasteiger partial charge in [0.05, 0.1) is 17.4 Å². The fourth-order valence-corrected chi connectivity index (χ4v) is 26.9. The van der Waals surface area contributed by atoms with Crippen molar-refractivity contribution in [1.82, 2.24) is 20.9 Å². The number of benzene rings is 18. The molecule has 1 fully saturated rings. The summed E-state index contributed by atoms with van der Waals surface area (Å²) in [6.45, 7) is 7.92. The van der Waals surface area contributed by atoms with Gasteiger partial charge in [-0.25, -0.2) is 0 Å². The fourth-order valence-electron chi connectivity index (χ4n) is 26.9. The van der Waals surface area contributed by atoms with Crippen LogP contribution in [-0.2, 0) is 34.7 Å². The molecule has 28 aromatic rings. The maximum atomic E-state index is 14.0. The first-order valence-electron chi connectivity index (χ1n) is 32.1. The average Bonchev–Trinajstić information content (AvgIpc) is 1.38. The molecular weight excluding hydrogens is 1070 g/mol. The van der Waals surface area contributed by atoms with Gasteiger partial charge in [0.15, 0.2) is 0 Å². The minimum absolute atomic E-state index is 0.0159. The number of nitrogens with one attached hydrogen (secondary N) is 3. The second kappa shape index (κ2) is 9.69. The van der Waals surface area contributed by atoms with E-state index in [-0.39, 0.29) is 42.2 Å². The number of carbonyl (C=O) groups is 4. The van der Waals surface area contributed by atoms with Gasteiger partial charge in [0.25, 0.3) is 0 Å². The molecule has 1 saturated heterocycles. The van der Waals surface area contributed by atoms with Crippen molar-refractivity contribution >= 4 is 315 Å². The second-order valence-corrected chi connectivity index (χ2v) is 31.0. The van der Waals surface area contributed by atoms with Crippen molar-refractivity contribution in [3.05, 3.63) is 22.3 Å². The largest absolute Gasteiger partial charge is 0.459 e. The molecule has 0 unspecified atom stereocenters.